The monoisotopic (exact) mass is 374 g/mol. The van der Waals surface area contributed by atoms with Crippen molar-refractivity contribution in [3.63, 3.8) is 0 Å². The van der Waals surface area contributed by atoms with Gasteiger partial charge in [0.2, 0.25) is 0 Å². The van der Waals surface area contributed by atoms with E-state index in [1.807, 2.05) is 13.0 Å². The topological polar surface area (TPSA) is 84.0 Å². The molecule has 1 atom stereocenters. The van der Waals surface area contributed by atoms with E-state index < -0.39 is 9.84 Å². The first-order valence-corrected chi connectivity index (χ1v) is 10.7. The zero-order valence-corrected chi connectivity index (χ0v) is 16.5. The molecule has 2 N–H and O–H groups in total. The molecule has 0 bridgehead atoms. The van der Waals surface area contributed by atoms with Gasteiger partial charge in [-0.25, -0.2) is 18.4 Å². The summed E-state index contributed by atoms with van der Waals surface area (Å²) in [4.78, 5) is 8.90. The average Bonchev–Trinajstić information content (AvgIpc) is 2.87. The van der Waals surface area contributed by atoms with Gasteiger partial charge in [-0.1, -0.05) is 32.0 Å². The maximum Gasteiger partial charge on any atom is 0.152 e. The first-order chi connectivity index (χ1) is 12.2. The van der Waals surface area contributed by atoms with E-state index in [-0.39, 0.29) is 17.5 Å². The van der Waals surface area contributed by atoms with Gasteiger partial charge in [0.05, 0.1) is 11.5 Å². The van der Waals surface area contributed by atoms with E-state index in [1.165, 1.54) is 5.56 Å². The normalized spacial score (nSPS) is 18.9. The van der Waals surface area contributed by atoms with Crippen molar-refractivity contribution < 1.29 is 8.42 Å². The number of anilines is 3. The molecule has 0 radical (unpaired) electrons. The molecule has 140 valence electrons. The Bertz CT molecular complexity index is 910. The maximum atomic E-state index is 11.7. The van der Waals surface area contributed by atoms with Gasteiger partial charge in [0, 0.05) is 17.8 Å². The molecule has 1 aliphatic heterocycles. The lowest BCUT2D eigenvalue weighted by Gasteiger charge is -2.18. The van der Waals surface area contributed by atoms with Crippen LogP contribution in [0.4, 0.5) is 17.3 Å². The van der Waals surface area contributed by atoms with Crippen molar-refractivity contribution in [2.45, 2.75) is 46.1 Å². The quantitative estimate of drug-likeness (QED) is 0.832. The maximum absolute atomic E-state index is 11.7. The van der Waals surface area contributed by atoms with Crippen molar-refractivity contribution in [3.05, 3.63) is 41.2 Å². The van der Waals surface area contributed by atoms with Crippen LogP contribution in [-0.4, -0.2) is 35.9 Å². The number of hydrogen-bond donors (Lipinski definition) is 2. The summed E-state index contributed by atoms with van der Waals surface area (Å²) in [5.74, 6) is 2.79. The molecule has 2 heterocycles. The summed E-state index contributed by atoms with van der Waals surface area (Å²) in [5, 5.41) is 6.68. The largest absolute Gasteiger partial charge is 0.366 e. The van der Waals surface area contributed by atoms with Gasteiger partial charge in [0.15, 0.2) is 9.84 Å². The zero-order valence-electron chi connectivity index (χ0n) is 15.7. The van der Waals surface area contributed by atoms with Crippen LogP contribution < -0.4 is 10.6 Å². The molecule has 2 aromatic rings. The number of rotatable bonds is 5. The van der Waals surface area contributed by atoms with E-state index in [9.17, 15) is 8.42 Å². The fourth-order valence-electron chi connectivity index (χ4n) is 3.29. The lowest BCUT2D eigenvalue weighted by molar-refractivity contribution is 0.602. The highest BCUT2D eigenvalue weighted by Gasteiger charge is 2.28. The first kappa shape index (κ1) is 18.6. The number of benzene rings is 1. The van der Waals surface area contributed by atoms with Gasteiger partial charge in [-0.2, -0.15) is 0 Å². The standard InChI is InChI=1S/C19H26N4O2S/c1-12(2)16-7-5-6-13(3)19(16)23-18-10-17(20-14(4)21-18)22-15-8-9-26(24,25)11-15/h5-7,10,12,15H,8-9,11H2,1-4H3,(H2,20,21,22,23). The van der Waals surface area contributed by atoms with Crippen molar-refractivity contribution in [2.24, 2.45) is 0 Å². The number of sulfone groups is 1. The molecular formula is C19H26N4O2S. The SMILES string of the molecule is Cc1nc(Nc2c(C)cccc2C(C)C)cc(NC2CCS(=O)(=O)C2)n1. The fraction of sp³-hybridized carbons (Fsp3) is 0.474. The minimum absolute atomic E-state index is 0.0909. The van der Waals surface area contributed by atoms with E-state index in [0.29, 0.717) is 29.8 Å². The van der Waals surface area contributed by atoms with Crippen molar-refractivity contribution in [1.29, 1.82) is 0 Å². The molecule has 1 saturated heterocycles. The molecule has 1 unspecified atom stereocenters. The molecule has 26 heavy (non-hydrogen) atoms. The minimum atomic E-state index is -2.93. The molecule has 6 nitrogen and oxygen atoms in total. The minimum Gasteiger partial charge on any atom is -0.366 e. The van der Waals surface area contributed by atoms with Gasteiger partial charge in [0.25, 0.3) is 0 Å². The number of nitrogens with zero attached hydrogens (tertiary/aromatic N) is 2. The van der Waals surface area contributed by atoms with E-state index in [1.54, 1.807) is 0 Å². The van der Waals surface area contributed by atoms with Crippen molar-refractivity contribution in [3.8, 4) is 0 Å². The second kappa shape index (κ2) is 7.23. The first-order valence-electron chi connectivity index (χ1n) is 8.93. The predicted octanol–water partition coefficient (Wildman–Crippen LogP) is 3.56. The van der Waals surface area contributed by atoms with Gasteiger partial charge in [0.1, 0.15) is 17.5 Å². The highest BCUT2D eigenvalue weighted by atomic mass is 32.2. The molecular weight excluding hydrogens is 348 g/mol. The second-order valence-electron chi connectivity index (χ2n) is 7.25. The Morgan fingerprint density at radius 1 is 1.15 bits per heavy atom. The molecule has 0 aliphatic carbocycles. The lowest BCUT2D eigenvalue weighted by atomic mass is 9.98. The van der Waals surface area contributed by atoms with Gasteiger partial charge < -0.3 is 10.6 Å². The zero-order chi connectivity index (χ0) is 18.9. The van der Waals surface area contributed by atoms with Crippen LogP contribution >= 0.6 is 0 Å². The summed E-state index contributed by atoms with van der Waals surface area (Å²) in [7, 11) is -2.93. The highest BCUT2D eigenvalue weighted by molar-refractivity contribution is 7.91. The van der Waals surface area contributed by atoms with E-state index in [2.05, 4.69) is 59.6 Å². The second-order valence-corrected chi connectivity index (χ2v) is 9.48. The number of para-hydroxylation sites is 1. The molecule has 0 spiro atoms. The van der Waals surface area contributed by atoms with Gasteiger partial charge in [-0.15, -0.1) is 0 Å². The molecule has 3 rings (SSSR count). The van der Waals surface area contributed by atoms with E-state index in [0.717, 1.165) is 11.3 Å². The Labute approximate surface area is 155 Å². The molecule has 1 aromatic heterocycles. The van der Waals surface area contributed by atoms with Crippen LogP contribution in [0.1, 0.15) is 43.1 Å². The Kier molecular flexibility index (Phi) is 5.18. The third-order valence-electron chi connectivity index (χ3n) is 4.60. The van der Waals surface area contributed by atoms with Gasteiger partial charge >= 0.3 is 0 Å². The highest BCUT2D eigenvalue weighted by Crippen LogP contribution is 2.30. The smallest absolute Gasteiger partial charge is 0.152 e. The fourth-order valence-corrected chi connectivity index (χ4v) is 4.97. The van der Waals surface area contributed by atoms with E-state index >= 15 is 0 Å². The molecule has 7 heteroatoms. The van der Waals surface area contributed by atoms with Crippen LogP contribution in [-0.2, 0) is 9.84 Å². The van der Waals surface area contributed by atoms with Gasteiger partial charge in [-0.05, 0) is 37.3 Å². The van der Waals surface area contributed by atoms with Crippen LogP contribution in [0.5, 0.6) is 0 Å². The molecule has 1 aromatic carbocycles. The van der Waals surface area contributed by atoms with Crippen LogP contribution in [0, 0.1) is 13.8 Å². The van der Waals surface area contributed by atoms with Crippen LogP contribution in [0.25, 0.3) is 0 Å². The summed E-state index contributed by atoms with van der Waals surface area (Å²) in [6.07, 6.45) is 0.615. The van der Waals surface area contributed by atoms with Crippen molar-refractivity contribution in [2.75, 3.05) is 22.1 Å². The third-order valence-corrected chi connectivity index (χ3v) is 6.37. The molecule has 0 saturated carbocycles. The predicted molar refractivity (Wildman–Crippen MR) is 106 cm³/mol. The number of aryl methyl sites for hydroxylation is 2. The summed E-state index contributed by atoms with van der Waals surface area (Å²) in [6.45, 7) is 8.24. The molecule has 1 fully saturated rings. The van der Waals surface area contributed by atoms with Crippen LogP contribution in [0.2, 0.25) is 0 Å². The Hall–Kier alpha value is -2.15. The Morgan fingerprint density at radius 3 is 2.54 bits per heavy atom. The lowest BCUT2D eigenvalue weighted by Crippen LogP contribution is -2.21. The summed E-state index contributed by atoms with van der Waals surface area (Å²) in [5.41, 5.74) is 3.46. The number of aromatic nitrogens is 2. The third kappa shape index (κ3) is 4.33. The van der Waals surface area contributed by atoms with Crippen molar-refractivity contribution >= 4 is 27.2 Å². The Morgan fingerprint density at radius 2 is 1.88 bits per heavy atom. The Balaban J connectivity index is 1.85. The molecule has 0 amide bonds. The summed E-state index contributed by atoms with van der Waals surface area (Å²) >= 11 is 0. The summed E-state index contributed by atoms with van der Waals surface area (Å²) in [6, 6.07) is 8.01. The molecule has 1 aliphatic rings. The average molecular weight is 375 g/mol. The van der Waals surface area contributed by atoms with E-state index in [4.69, 9.17) is 0 Å². The number of hydrogen-bond acceptors (Lipinski definition) is 6. The van der Waals surface area contributed by atoms with Crippen LogP contribution in [0.15, 0.2) is 24.3 Å². The van der Waals surface area contributed by atoms with Crippen LogP contribution in [0.3, 0.4) is 0 Å². The number of nitrogens with one attached hydrogen (secondary N) is 2. The van der Waals surface area contributed by atoms with Gasteiger partial charge in [-0.3, -0.25) is 0 Å². The summed E-state index contributed by atoms with van der Waals surface area (Å²) < 4.78 is 23.3. The van der Waals surface area contributed by atoms with Crippen molar-refractivity contribution in [1.82, 2.24) is 9.97 Å².